The van der Waals surface area contributed by atoms with Crippen LogP contribution in [0.3, 0.4) is 0 Å². The van der Waals surface area contributed by atoms with Crippen LogP contribution in [-0.2, 0) is 6.61 Å². The van der Waals surface area contributed by atoms with Crippen molar-refractivity contribution in [3.63, 3.8) is 0 Å². The molecule has 0 aliphatic rings. The van der Waals surface area contributed by atoms with Gasteiger partial charge in [0.05, 0.1) is 6.21 Å². The van der Waals surface area contributed by atoms with Gasteiger partial charge in [-0.1, -0.05) is 41.9 Å². The number of anilines is 1. The summed E-state index contributed by atoms with van der Waals surface area (Å²) in [4.78, 5) is 14.2. The Morgan fingerprint density at radius 3 is 2.55 bits per heavy atom. The topological polar surface area (TPSA) is 53.9 Å². The SMILES string of the molecule is CN(C)c1ccc(C(=O)N/N=C\c2cccc(OCc3ccccc3Cl)c2)cc1. The summed E-state index contributed by atoms with van der Waals surface area (Å²) in [5.74, 6) is 0.428. The molecule has 0 saturated carbocycles. The predicted octanol–water partition coefficient (Wildman–Crippen LogP) is 4.75. The van der Waals surface area contributed by atoms with Crippen LogP contribution in [0.4, 0.5) is 5.69 Å². The molecular weight excluding hydrogens is 386 g/mol. The van der Waals surface area contributed by atoms with Crippen LogP contribution >= 0.6 is 11.6 Å². The summed E-state index contributed by atoms with van der Waals surface area (Å²) >= 11 is 6.15. The van der Waals surface area contributed by atoms with Gasteiger partial charge in [-0.15, -0.1) is 0 Å². The lowest BCUT2D eigenvalue weighted by Gasteiger charge is -2.12. The highest BCUT2D eigenvalue weighted by Crippen LogP contribution is 2.19. The summed E-state index contributed by atoms with van der Waals surface area (Å²) in [6, 6.07) is 22.3. The van der Waals surface area contributed by atoms with E-state index in [-0.39, 0.29) is 5.91 Å². The van der Waals surface area contributed by atoms with E-state index in [4.69, 9.17) is 16.3 Å². The number of rotatable bonds is 7. The van der Waals surface area contributed by atoms with Gasteiger partial charge >= 0.3 is 0 Å². The molecule has 29 heavy (non-hydrogen) atoms. The van der Waals surface area contributed by atoms with Crippen LogP contribution in [-0.4, -0.2) is 26.2 Å². The maximum Gasteiger partial charge on any atom is 0.271 e. The zero-order chi connectivity index (χ0) is 20.6. The smallest absolute Gasteiger partial charge is 0.271 e. The summed E-state index contributed by atoms with van der Waals surface area (Å²) in [6.45, 7) is 0.375. The third-order valence-corrected chi connectivity index (χ3v) is 4.60. The van der Waals surface area contributed by atoms with Gasteiger partial charge in [0.2, 0.25) is 0 Å². The fraction of sp³-hybridized carbons (Fsp3) is 0.130. The molecule has 0 bridgehead atoms. The molecule has 0 aliphatic heterocycles. The van der Waals surface area contributed by atoms with E-state index in [0.29, 0.717) is 22.9 Å². The summed E-state index contributed by atoms with van der Waals surface area (Å²) in [7, 11) is 3.90. The fourth-order valence-corrected chi connectivity index (χ4v) is 2.79. The molecule has 0 aliphatic carbocycles. The van der Waals surface area contributed by atoms with Gasteiger partial charge < -0.3 is 9.64 Å². The van der Waals surface area contributed by atoms with E-state index >= 15 is 0 Å². The van der Waals surface area contributed by atoms with E-state index in [1.54, 1.807) is 18.3 Å². The summed E-state index contributed by atoms with van der Waals surface area (Å²) in [5.41, 5.74) is 5.84. The standard InChI is InChI=1S/C23H22ClN3O2/c1-27(2)20-12-10-18(11-13-20)23(28)26-25-15-17-6-5-8-21(14-17)29-16-19-7-3-4-9-22(19)24/h3-15H,16H2,1-2H3,(H,26,28)/b25-15-. The number of hydrogen-bond donors (Lipinski definition) is 1. The number of hydrogen-bond acceptors (Lipinski definition) is 4. The van der Waals surface area contributed by atoms with E-state index < -0.39 is 0 Å². The first kappa shape index (κ1) is 20.4. The zero-order valence-corrected chi connectivity index (χ0v) is 17.1. The fourth-order valence-electron chi connectivity index (χ4n) is 2.60. The first-order valence-electron chi connectivity index (χ1n) is 9.10. The maximum atomic E-state index is 12.2. The second kappa shape index (κ2) is 9.75. The Bertz CT molecular complexity index is 1000. The molecule has 0 radical (unpaired) electrons. The minimum atomic E-state index is -0.266. The van der Waals surface area contributed by atoms with Gasteiger partial charge in [-0.05, 0) is 48.0 Å². The lowest BCUT2D eigenvalue weighted by molar-refractivity contribution is 0.0955. The van der Waals surface area contributed by atoms with Crippen LogP contribution in [0.15, 0.2) is 77.9 Å². The van der Waals surface area contributed by atoms with Gasteiger partial charge in [0, 0.05) is 35.9 Å². The number of benzene rings is 3. The summed E-state index contributed by atoms with van der Waals surface area (Å²) in [6.07, 6.45) is 1.58. The van der Waals surface area contributed by atoms with Gasteiger partial charge in [0.25, 0.3) is 5.91 Å². The largest absolute Gasteiger partial charge is 0.489 e. The number of carbonyl (C=O) groups excluding carboxylic acids is 1. The molecule has 3 rings (SSSR count). The molecule has 0 spiro atoms. The average molecular weight is 408 g/mol. The quantitative estimate of drug-likeness (QED) is 0.454. The average Bonchev–Trinajstić information content (AvgIpc) is 2.73. The van der Waals surface area contributed by atoms with E-state index in [2.05, 4.69) is 10.5 Å². The van der Waals surface area contributed by atoms with Gasteiger partial charge in [-0.2, -0.15) is 5.10 Å². The van der Waals surface area contributed by atoms with Crippen molar-refractivity contribution in [1.29, 1.82) is 0 Å². The van der Waals surface area contributed by atoms with Crippen molar-refractivity contribution in [3.8, 4) is 5.75 Å². The van der Waals surface area contributed by atoms with Gasteiger partial charge in [0.15, 0.2) is 0 Å². The van der Waals surface area contributed by atoms with Crippen molar-refractivity contribution in [2.75, 3.05) is 19.0 Å². The zero-order valence-electron chi connectivity index (χ0n) is 16.3. The van der Waals surface area contributed by atoms with E-state index in [1.807, 2.05) is 79.7 Å². The number of nitrogens with one attached hydrogen (secondary N) is 1. The van der Waals surface area contributed by atoms with Gasteiger partial charge in [-0.25, -0.2) is 5.43 Å². The molecule has 1 amide bonds. The molecule has 0 fully saturated rings. The number of nitrogens with zero attached hydrogens (tertiary/aromatic N) is 2. The summed E-state index contributed by atoms with van der Waals surface area (Å²) in [5, 5.41) is 4.71. The monoisotopic (exact) mass is 407 g/mol. The van der Waals surface area contributed by atoms with Crippen molar-refractivity contribution < 1.29 is 9.53 Å². The Hall–Kier alpha value is -3.31. The van der Waals surface area contributed by atoms with Crippen LogP contribution < -0.4 is 15.1 Å². The molecule has 148 valence electrons. The second-order valence-corrected chi connectivity index (χ2v) is 7.00. The lowest BCUT2D eigenvalue weighted by Crippen LogP contribution is -2.17. The molecule has 0 atom stereocenters. The van der Waals surface area contributed by atoms with Crippen LogP contribution in [0.1, 0.15) is 21.5 Å². The first-order chi connectivity index (χ1) is 14.0. The minimum Gasteiger partial charge on any atom is -0.489 e. The molecule has 0 aromatic heterocycles. The molecular formula is C23H22ClN3O2. The number of amides is 1. The molecule has 3 aromatic rings. The van der Waals surface area contributed by atoms with Crippen LogP contribution in [0.5, 0.6) is 5.75 Å². The third kappa shape index (κ3) is 5.83. The Morgan fingerprint density at radius 2 is 1.83 bits per heavy atom. The van der Waals surface area contributed by atoms with E-state index in [1.165, 1.54) is 0 Å². The van der Waals surface area contributed by atoms with E-state index in [0.717, 1.165) is 16.8 Å². The van der Waals surface area contributed by atoms with Crippen LogP contribution in [0.2, 0.25) is 5.02 Å². The number of halogens is 1. The van der Waals surface area contributed by atoms with Gasteiger partial charge in [-0.3, -0.25) is 4.79 Å². The Balaban J connectivity index is 1.57. The van der Waals surface area contributed by atoms with Crippen molar-refractivity contribution in [2.24, 2.45) is 5.10 Å². The summed E-state index contributed by atoms with van der Waals surface area (Å²) < 4.78 is 5.80. The van der Waals surface area contributed by atoms with E-state index in [9.17, 15) is 4.79 Å². The number of ether oxygens (including phenoxy) is 1. The lowest BCUT2D eigenvalue weighted by atomic mass is 10.2. The number of hydrazone groups is 1. The minimum absolute atomic E-state index is 0.266. The first-order valence-corrected chi connectivity index (χ1v) is 9.48. The van der Waals surface area contributed by atoms with Crippen LogP contribution in [0.25, 0.3) is 0 Å². The van der Waals surface area contributed by atoms with Crippen molar-refractivity contribution >= 4 is 29.4 Å². The highest BCUT2D eigenvalue weighted by molar-refractivity contribution is 6.31. The molecule has 0 saturated heterocycles. The third-order valence-electron chi connectivity index (χ3n) is 4.24. The molecule has 6 heteroatoms. The highest BCUT2D eigenvalue weighted by Gasteiger charge is 2.05. The van der Waals surface area contributed by atoms with Crippen molar-refractivity contribution in [3.05, 3.63) is 94.5 Å². The predicted molar refractivity (Wildman–Crippen MR) is 118 cm³/mol. The maximum absolute atomic E-state index is 12.2. The molecule has 0 heterocycles. The normalized spacial score (nSPS) is 10.7. The Morgan fingerprint density at radius 1 is 1.07 bits per heavy atom. The van der Waals surface area contributed by atoms with Crippen molar-refractivity contribution in [1.82, 2.24) is 5.43 Å². The molecule has 0 unspecified atom stereocenters. The Labute approximate surface area is 175 Å². The second-order valence-electron chi connectivity index (χ2n) is 6.59. The molecule has 3 aromatic carbocycles. The number of carbonyl (C=O) groups is 1. The molecule has 1 N–H and O–H groups in total. The van der Waals surface area contributed by atoms with Crippen LogP contribution in [0, 0.1) is 0 Å². The van der Waals surface area contributed by atoms with Gasteiger partial charge in [0.1, 0.15) is 12.4 Å². The van der Waals surface area contributed by atoms with Crippen molar-refractivity contribution in [2.45, 2.75) is 6.61 Å². The Kier molecular flexibility index (Phi) is 6.87. The molecule has 5 nitrogen and oxygen atoms in total. The highest BCUT2D eigenvalue weighted by atomic mass is 35.5.